The van der Waals surface area contributed by atoms with Crippen molar-refractivity contribution in [2.45, 2.75) is 38.0 Å². The molecule has 0 saturated carbocycles. The van der Waals surface area contributed by atoms with Crippen LogP contribution in [0.25, 0.3) is 0 Å². The Morgan fingerprint density at radius 1 is 1.48 bits per heavy atom. The quantitative estimate of drug-likeness (QED) is 0.397. The summed E-state index contributed by atoms with van der Waals surface area (Å²) >= 11 is 2.05. The molecule has 2 heterocycles. The first-order chi connectivity index (χ1) is 10.7. The average molecular weight is 450 g/mol. The summed E-state index contributed by atoms with van der Waals surface area (Å²) < 4.78 is 5.59. The van der Waals surface area contributed by atoms with Crippen LogP contribution in [0.1, 0.15) is 32.3 Å². The Kier molecular flexibility index (Phi) is 9.04. The molecular formula is C16H27IN4OS. The van der Waals surface area contributed by atoms with Crippen LogP contribution < -0.4 is 15.4 Å². The molecule has 0 amide bonds. The van der Waals surface area contributed by atoms with Gasteiger partial charge in [-0.2, -0.15) is 11.8 Å². The fourth-order valence-corrected chi connectivity index (χ4v) is 3.73. The van der Waals surface area contributed by atoms with E-state index in [4.69, 9.17) is 4.74 Å². The number of nitrogens with zero attached hydrogens (tertiary/aromatic N) is 2. The number of halogens is 1. The minimum absolute atomic E-state index is 0. The maximum Gasteiger partial charge on any atom is 0.218 e. The van der Waals surface area contributed by atoms with Crippen LogP contribution in [0.5, 0.6) is 5.88 Å². The zero-order valence-electron chi connectivity index (χ0n) is 14.1. The van der Waals surface area contributed by atoms with Crippen LogP contribution in [0, 0.1) is 0 Å². The number of pyridine rings is 1. The van der Waals surface area contributed by atoms with E-state index in [1.165, 1.54) is 18.6 Å². The highest BCUT2D eigenvalue weighted by Crippen LogP contribution is 2.36. The van der Waals surface area contributed by atoms with Gasteiger partial charge in [0.15, 0.2) is 5.96 Å². The second kappa shape index (κ2) is 10.2. The summed E-state index contributed by atoms with van der Waals surface area (Å²) in [5.41, 5.74) is 0.989. The van der Waals surface area contributed by atoms with Gasteiger partial charge in [-0.1, -0.05) is 6.07 Å². The molecule has 0 aliphatic carbocycles. The number of methoxy groups -OCH3 is 1. The Labute approximate surface area is 160 Å². The highest BCUT2D eigenvalue weighted by Gasteiger charge is 2.29. The Morgan fingerprint density at radius 2 is 2.30 bits per heavy atom. The van der Waals surface area contributed by atoms with E-state index in [0.29, 0.717) is 17.2 Å². The summed E-state index contributed by atoms with van der Waals surface area (Å²) in [5.74, 6) is 2.75. The lowest BCUT2D eigenvalue weighted by atomic mass is 10.1. The second-order valence-electron chi connectivity index (χ2n) is 5.62. The van der Waals surface area contributed by atoms with E-state index >= 15 is 0 Å². The second-order valence-corrected chi connectivity index (χ2v) is 7.30. The molecule has 1 aliphatic heterocycles. The zero-order chi connectivity index (χ0) is 15.8. The zero-order valence-corrected chi connectivity index (χ0v) is 17.2. The van der Waals surface area contributed by atoms with Gasteiger partial charge in [0, 0.05) is 29.6 Å². The van der Waals surface area contributed by atoms with Crippen molar-refractivity contribution in [3.8, 4) is 5.88 Å². The van der Waals surface area contributed by atoms with E-state index in [0.717, 1.165) is 24.6 Å². The van der Waals surface area contributed by atoms with E-state index in [-0.39, 0.29) is 24.0 Å². The fraction of sp³-hybridized carbons (Fsp3) is 0.625. The van der Waals surface area contributed by atoms with Crippen molar-refractivity contribution >= 4 is 41.7 Å². The molecule has 1 aliphatic rings. The van der Waals surface area contributed by atoms with Crippen molar-refractivity contribution in [2.24, 2.45) is 4.99 Å². The predicted octanol–water partition coefficient (Wildman–Crippen LogP) is 3.05. The van der Waals surface area contributed by atoms with Gasteiger partial charge in [0.2, 0.25) is 5.88 Å². The Morgan fingerprint density at radius 3 is 2.96 bits per heavy atom. The van der Waals surface area contributed by atoms with Gasteiger partial charge in [-0.3, -0.25) is 0 Å². The van der Waals surface area contributed by atoms with Crippen molar-refractivity contribution in [3.05, 3.63) is 23.9 Å². The lowest BCUT2D eigenvalue weighted by Crippen LogP contribution is -2.43. The molecule has 5 nitrogen and oxygen atoms in total. The van der Waals surface area contributed by atoms with Crippen LogP contribution >= 0.6 is 35.7 Å². The third kappa shape index (κ3) is 6.37. The largest absolute Gasteiger partial charge is 0.481 e. The standard InChI is InChI=1S/C16H26N4OS.HI/c1-4-17-15(20-12-16(2)8-6-10-22-16)19-11-13-7-5-9-18-14(13)21-3;/h5,7,9H,4,6,8,10-12H2,1-3H3,(H2,17,19,20);1H. The molecule has 2 rings (SSSR count). The Bertz CT molecular complexity index is 507. The normalized spacial score (nSPS) is 20.7. The number of guanidine groups is 1. The number of nitrogens with one attached hydrogen (secondary N) is 2. The van der Waals surface area contributed by atoms with Crippen LogP contribution in [0.15, 0.2) is 23.3 Å². The first kappa shape index (κ1) is 20.3. The maximum atomic E-state index is 5.27. The average Bonchev–Trinajstić information content (AvgIpc) is 2.97. The number of ether oxygens (including phenoxy) is 1. The summed E-state index contributed by atoms with van der Waals surface area (Å²) in [5, 5.41) is 6.77. The van der Waals surface area contributed by atoms with Crippen LogP contribution in [0.3, 0.4) is 0 Å². The lowest BCUT2D eigenvalue weighted by molar-refractivity contribution is 0.392. The molecule has 1 aromatic rings. The molecule has 2 N–H and O–H groups in total. The van der Waals surface area contributed by atoms with Gasteiger partial charge in [0.1, 0.15) is 0 Å². The van der Waals surface area contributed by atoms with Crippen LogP contribution in [0.2, 0.25) is 0 Å². The molecule has 0 bridgehead atoms. The van der Waals surface area contributed by atoms with Crippen molar-refractivity contribution in [1.29, 1.82) is 0 Å². The summed E-state index contributed by atoms with van der Waals surface area (Å²) in [7, 11) is 1.64. The van der Waals surface area contributed by atoms with Gasteiger partial charge >= 0.3 is 0 Å². The summed E-state index contributed by atoms with van der Waals surface area (Å²) in [4.78, 5) is 8.86. The Hall–Kier alpha value is -0.700. The van der Waals surface area contributed by atoms with E-state index < -0.39 is 0 Å². The molecule has 1 fully saturated rings. The molecule has 0 radical (unpaired) electrons. The van der Waals surface area contributed by atoms with Crippen molar-refractivity contribution in [3.63, 3.8) is 0 Å². The highest BCUT2D eigenvalue weighted by molar-refractivity contribution is 14.0. The summed E-state index contributed by atoms with van der Waals surface area (Å²) in [6.07, 6.45) is 4.30. The first-order valence-corrected chi connectivity index (χ1v) is 8.79. The molecule has 23 heavy (non-hydrogen) atoms. The number of hydrogen-bond acceptors (Lipinski definition) is 4. The van der Waals surface area contributed by atoms with Gasteiger partial charge in [0.25, 0.3) is 0 Å². The topological polar surface area (TPSA) is 58.5 Å². The fourth-order valence-electron chi connectivity index (χ4n) is 2.48. The molecule has 0 aromatic carbocycles. The minimum atomic E-state index is 0. The van der Waals surface area contributed by atoms with Crippen LogP contribution in [0.4, 0.5) is 0 Å². The molecule has 1 atom stereocenters. The van der Waals surface area contributed by atoms with Gasteiger partial charge in [0.05, 0.1) is 13.7 Å². The molecule has 7 heteroatoms. The Balaban J connectivity index is 0.00000264. The van der Waals surface area contributed by atoms with Gasteiger partial charge < -0.3 is 15.4 Å². The van der Waals surface area contributed by atoms with Gasteiger partial charge in [-0.25, -0.2) is 9.98 Å². The molecule has 1 saturated heterocycles. The summed E-state index contributed by atoms with van der Waals surface area (Å²) in [6.45, 7) is 6.74. The maximum absolute atomic E-state index is 5.27. The first-order valence-electron chi connectivity index (χ1n) is 7.81. The number of aromatic nitrogens is 1. The number of thioether (sulfide) groups is 1. The van der Waals surface area contributed by atoms with Crippen LogP contribution in [-0.4, -0.2) is 41.6 Å². The third-order valence-corrected chi connectivity index (χ3v) is 5.26. The number of aliphatic imine (C=N–C) groups is 1. The third-order valence-electron chi connectivity index (χ3n) is 3.73. The van der Waals surface area contributed by atoms with Crippen molar-refractivity contribution in [2.75, 3.05) is 26.0 Å². The molecular weight excluding hydrogens is 423 g/mol. The predicted molar refractivity (Wildman–Crippen MR) is 109 cm³/mol. The van der Waals surface area contributed by atoms with Gasteiger partial charge in [-0.15, -0.1) is 24.0 Å². The van der Waals surface area contributed by atoms with E-state index in [2.05, 4.69) is 46.2 Å². The van der Waals surface area contributed by atoms with Crippen molar-refractivity contribution in [1.82, 2.24) is 15.6 Å². The van der Waals surface area contributed by atoms with Gasteiger partial charge in [-0.05, 0) is 38.5 Å². The minimum Gasteiger partial charge on any atom is -0.481 e. The van der Waals surface area contributed by atoms with Crippen molar-refractivity contribution < 1.29 is 4.74 Å². The summed E-state index contributed by atoms with van der Waals surface area (Å²) in [6, 6.07) is 3.90. The van der Waals surface area contributed by atoms with Crippen LogP contribution in [-0.2, 0) is 6.54 Å². The highest BCUT2D eigenvalue weighted by atomic mass is 127. The lowest BCUT2D eigenvalue weighted by Gasteiger charge is -2.24. The van der Waals surface area contributed by atoms with E-state index in [1.54, 1.807) is 13.3 Å². The molecule has 130 valence electrons. The number of hydrogen-bond donors (Lipinski definition) is 2. The molecule has 1 aromatic heterocycles. The molecule has 1 unspecified atom stereocenters. The molecule has 0 spiro atoms. The monoisotopic (exact) mass is 450 g/mol. The smallest absolute Gasteiger partial charge is 0.218 e. The van der Waals surface area contributed by atoms with E-state index in [9.17, 15) is 0 Å². The van der Waals surface area contributed by atoms with E-state index in [1.807, 2.05) is 12.1 Å². The number of rotatable bonds is 6. The SMILES string of the molecule is CCNC(=NCc1cccnc1OC)NCC1(C)CCCS1.I.